The monoisotopic (exact) mass is 490 g/mol. The van der Waals surface area contributed by atoms with Gasteiger partial charge in [-0.1, -0.05) is 26.8 Å². The van der Waals surface area contributed by atoms with Crippen molar-refractivity contribution in [3.8, 4) is 0 Å². The first kappa shape index (κ1) is 24.9. The molecule has 36 heavy (non-hydrogen) atoms. The lowest BCUT2D eigenvalue weighted by molar-refractivity contribution is 0.102. The largest absolute Gasteiger partial charge is 0.375 e. The maximum Gasteiger partial charge on any atom is 0.191 e. The number of piperidine rings is 1. The Hall–Kier alpha value is -2.73. The van der Waals surface area contributed by atoms with E-state index >= 15 is 4.39 Å². The van der Waals surface area contributed by atoms with Gasteiger partial charge < -0.3 is 14.8 Å². The van der Waals surface area contributed by atoms with E-state index in [0.29, 0.717) is 34.5 Å². The lowest BCUT2D eigenvalue weighted by Crippen LogP contribution is -2.43. The van der Waals surface area contributed by atoms with Crippen LogP contribution in [-0.2, 0) is 5.41 Å². The van der Waals surface area contributed by atoms with Crippen LogP contribution in [0, 0.1) is 5.82 Å². The number of fused-ring (bicyclic) bond motifs is 3. The van der Waals surface area contributed by atoms with Crippen LogP contribution in [0.15, 0.2) is 40.0 Å². The van der Waals surface area contributed by atoms with Gasteiger partial charge in [0.05, 0.1) is 11.1 Å². The molecular formula is C30H39FN4O. The quantitative estimate of drug-likeness (QED) is 0.523. The molecule has 1 N–H and O–H groups in total. The van der Waals surface area contributed by atoms with E-state index in [1.807, 2.05) is 13.0 Å². The van der Waals surface area contributed by atoms with Crippen molar-refractivity contribution in [3.63, 3.8) is 0 Å². The number of nitrogens with zero attached hydrogens (tertiary/aromatic N) is 3. The molecule has 2 saturated heterocycles. The van der Waals surface area contributed by atoms with Gasteiger partial charge in [-0.3, -0.25) is 9.79 Å². The molecule has 192 valence electrons. The van der Waals surface area contributed by atoms with Gasteiger partial charge in [0.25, 0.3) is 0 Å². The van der Waals surface area contributed by atoms with E-state index < -0.39 is 5.41 Å². The van der Waals surface area contributed by atoms with Crippen LogP contribution in [0.2, 0.25) is 0 Å². The number of benzene rings is 1. The SMILES string of the molecule is CCC1=C(/C=C(\C)N2CCC(N3CCCC3)CC2)C(C)(C)c2[nH]c3c(F)c(C=NC)ccc3c2C1=O. The fourth-order valence-corrected chi connectivity index (χ4v) is 6.58. The first-order chi connectivity index (χ1) is 17.3. The van der Waals surface area contributed by atoms with Gasteiger partial charge in [0.15, 0.2) is 11.6 Å². The molecule has 1 aromatic carbocycles. The van der Waals surface area contributed by atoms with Gasteiger partial charge in [0.1, 0.15) is 0 Å². The fourth-order valence-electron chi connectivity index (χ4n) is 6.58. The van der Waals surface area contributed by atoms with Crippen LogP contribution in [0.5, 0.6) is 0 Å². The molecule has 5 nitrogen and oxygen atoms in total. The van der Waals surface area contributed by atoms with Gasteiger partial charge in [0.2, 0.25) is 0 Å². The molecule has 2 fully saturated rings. The maximum absolute atomic E-state index is 15.3. The summed E-state index contributed by atoms with van der Waals surface area (Å²) in [7, 11) is 1.63. The van der Waals surface area contributed by atoms with Crippen LogP contribution < -0.4 is 0 Å². The molecule has 0 spiro atoms. The van der Waals surface area contributed by atoms with Crippen molar-refractivity contribution in [2.45, 2.75) is 71.3 Å². The second-order valence-electron chi connectivity index (χ2n) is 11.1. The fraction of sp³-hybridized carbons (Fsp3) is 0.533. The number of likely N-dealkylation sites (tertiary alicyclic amines) is 2. The molecule has 6 heteroatoms. The summed E-state index contributed by atoms with van der Waals surface area (Å²) in [6, 6.07) is 4.27. The molecule has 3 aliphatic rings. The first-order valence-electron chi connectivity index (χ1n) is 13.5. The van der Waals surface area contributed by atoms with E-state index in [-0.39, 0.29) is 11.6 Å². The van der Waals surface area contributed by atoms with E-state index in [4.69, 9.17) is 0 Å². The molecule has 0 unspecified atom stereocenters. The number of aliphatic imine (C=N–C) groups is 1. The highest BCUT2D eigenvalue weighted by Gasteiger charge is 2.41. The van der Waals surface area contributed by atoms with Crippen molar-refractivity contribution in [2.24, 2.45) is 4.99 Å². The highest BCUT2D eigenvalue weighted by molar-refractivity contribution is 6.19. The van der Waals surface area contributed by atoms with Crippen LogP contribution in [0.4, 0.5) is 4.39 Å². The molecule has 1 aromatic heterocycles. The summed E-state index contributed by atoms with van der Waals surface area (Å²) in [5.41, 5.74) is 4.87. The number of aromatic nitrogens is 1. The zero-order chi connectivity index (χ0) is 25.6. The minimum Gasteiger partial charge on any atom is -0.375 e. The third-order valence-corrected chi connectivity index (χ3v) is 8.66. The van der Waals surface area contributed by atoms with E-state index in [9.17, 15) is 4.79 Å². The third-order valence-electron chi connectivity index (χ3n) is 8.66. The van der Waals surface area contributed by atoms with Crippen molar-refractivity contribution in [1.82, 2.24) is 14.8 Å². The smallest absolute Gasteiger partial charge is 0.191 e. The molecule has 1 aliphatic carbocycles. The molecule has 0 radical (unpaired) electrons. The first-order valence-corrected chi connectivity index (χ1v) is 13.5. The Bertz CT molecular complexity index is 1270. The number of carbonyl (C=O) groups excluding carboxylic acids is 1. The van der Waals surface area contributed by atoms with Crippen molar-refractivity contribution in [1.29, 1.82) is 0 Å². The molecule has 5 rings (SSSR count). The van der Waals surface area contributed by atoms with Gasteiger partial charge >= 0.3 is 0 Å². The van der Waals surface area contributed by atoms with Gasteiger partial charge in [-0.25, -0.2) is 4.39 Å². The zero-order valence-electron chi connectivity index (χ0n) is 22.4. The summed E-state index contributed by atoms with van der Waals surface area (Å²) >= 11 is 0. The van der Waals surface area contributed by atoms with Crippen molar-refractivity contribution >= 4 is 22.9 Å². The standard InChI is InChI=1S/C30H39FN4O/c1-6-22-24(17-19(2)34-15-11-21(12-16-34)35-13-7-8-14-35)30(3,4)29-25(28(22)36)23-10-9-20(18-32-5)26(31)27(23)33-29/h9-10,17-18,21,33H,6-8,11-16H2,1-5H3/b19-17+,32-18?. The molecule has 3 heterocycles. The number of H-pyrrole nitrogens is 1. The maximum atomic E-state index is 15.3. The molecule has 2 aliphatic heterocycles. The second-order valence-corrected chi connectivity index (χ2v) is 11.1. The Morgan fingerprint density at radius 1 is 1.19 bits per heavy atom. The Morgan fingerprint density at radius 3 is 2.53 bits per heavy atom. The summed E-state index contributed by atoms with van der Waals surface area (Å²) in [6.07, 6.45) is 9.46. The number of allylic oxidation sites excluding steroid dienone is 4. The molecule has 0 amide bonds. The van der Waals surface area contributed by atoms with Gasteiger partial charge in [-0.15, -0.1) is 0 Å². The van der Waals surface area contributed by atoms with Crippen LogP contribution >= 0.6 is 0 Å². The number of Topliss-reactive ketones (excluding diaryl/α,β-unsaturated/α-hetero) is 1. The van der Waals surface area contributed by atoms with E-state index in [1.165, 1.54) is 50.7 Å². The minimum absolute atomic E-state index is 0.0150. The number of aromatic amines is 1. The average Bonchev–Trinajstić information content (AvgIpc) is 3.54. The third kappa shape index (κ3) is 4.03. The summed E-state index contributed by atoms with van der Waals surface area (Å²) in [5.74, 6) is -0.343. The lowest BCUT2D eigenvalue weighted by atomic mass is 9.70. The van der Waals surface area contributed by atoms with E-state index in [1.54, 1.807) is 13.1 Å². The topological polar surface area (TPSA) is 51.7 Å². The molecule has 0 saturated carbocycles. The molecular weight excluding hydrogens is 451 g/mol. The number of hydrogen-bond acceptors (Lipinski definition) is 4. The van der Waals surface area contributed by atoms with Gasteiger partial charge in [0, 0.05) is 65.7 Å². The van der Waals surface area contributed by atoms with Crippen molar-refractivity contribution in [2.75, 3.05) is 33.2 Å². The molecule has 0 atom stereocenters. The summed E-state index contributed by atoms with van der Waals surface area (Å²) in [4.78, 5) is 26.3. The zero-order valence-corrected chi connectivity index (χ0v) is 22.4. The average molecular weight is 491 g/mol. The van der Waals surface area contributed by atoms with Crippen LogP contribution in [0.1, 0.15) is 81.4 Å². The lowest BCUT2D eigenvalue weighted by Gasteiger charge is -2.39. The van der Waals surface area contributed by atoms with E-state index in [0.717, 1.165) is 29.9 Å². The van der Waals surface area contributed by atoms with Crippen molar-refractivity contribution < 1.29 is 9.18 Å². The number of ketones is 1. The van der Waals surface area contributed by atoms with Crippen LogP contribution in [0.3, 0.4) is 0 Å². The normalized spacial score (nSPS) is 21.9. The Morgan fingerprint density at radius 2 is 1.89 bits per heavy atom. The predicted molar refractivity (Wildman–Crippen MR) is 146 cm³/mol. The summed E-state index contributed by atoms with van der Waals surface area (Å²) in [5, 5.41) is 0.656. The summed E-state index contributed by atoms with van der Waals surface area (Å²) < 4.78 is 15.3. The van der Waals surface area contributed by atoms with Gasteiger partial charge in [-0.2, -0.15) is 0 Å². The molecule has 2 aromatic rings. The highest BCUT2D eigenvalue weighted by atomic mass is 19.1. The Labute approximate surface area is 214 Å². The summed E-state index contributed by atoms with van der Waals surface area (Å²) in [6.45, 7) is 13.1. The van der Waals surface area contributed by atoms with Crippen LogP contribution in [-0.4, -0.2) is 66.1 Å². The van der Waals surface area contributed by atoms with Crippen LogP contribution in [0.25, 0.3) is 10.9 Å². The van der Waals surface area contributed by atoms with E-state index in [2.05, 4.69) is 46.6 Å². The number of halogens is 1. The number of carbonyl (C=O) groups is 1. The second kappa shape index (κ2) is 9.62. The van der Waals surface area contributed by atoms with Gasteiger partial charge in [-0.05, 0) is 69.8 Å². The number of nitrogens with one attached hydrogen (secondary N) is 1. The van der Waals surface area contributed by atoms with Crippen molar-refractivity contribution in [3.05, 3.63) is 57.7 Å². The Kier molecular flexibility index (Phi) is 6.67. The number of rotatable bonds is 5. The predicted octanol–water partition coefficient (Wildman–Crippen LogP) is 6.00. The number of hydrogen-bond donors (Lipinski definition) is 1. The Balaban J connectivity index is 1.49. The molecule has 0 bridgehead atoms. The minimum atomic E-state index is -0.450. The highest BCUT2D eigenvalue weighted by Crippen LogP contribution is 2.45.